The molecule has 21 heavy (non-hydrogen) atoms. The van der Waals surface area contributed by atoms with Crippen LogP contribution < -0.4 is 5.32 Å². The van der Waals surface area contributed by atoms with Gasteiger partial charge in [0, 0.05) is 5.69 Å². The number of aromatic amines is 1. The van der Waals surface area contributed by atoms with Gasteiger partial charge in [-0.05, 0) is 18.2 Å². The predicted octanol–water partition coefficient (Wildman–Crippen LogP) is 3.46. The number of hydrogen-bond acceptors (Lipinski definition) is 5. The maximum atomic E-state index is 13.1. The number of aromatic nitrogens is 2. The highest BCUT2D eigenvalue weighted by Crippen LogP contribution is 2.27. The van der Waals surface area contributed by atoms with Crippen molar-refractivity contribution in [1.29, 1.82) is 0 Å². The van der Waals surface area contributed by atoms with Gasteiger partial charge in [0.05, 0.1) is 11.3 Å². The molecule has 0 bridgehead atoms. The Bertz CT molecular complexity index is 778. The van der Waals surface area contributed by atoms with E-state index in [0.717, 1.165) is 0 Å². The Balaban J connectivity index is 2.39. The van der Waals surface area contributed by atoms with Crippen molar-refractivity contribution in [1.82, 2.24) is 9.97 Å². The van der Waals surface area contributed by atoms with Crippen molar-refractivity contribution >= 4 is 53.2 Å². The molecule has 0 aliphatic heterocycles. The second-order valence-corrected chi connectivity index (χ2v) is 4.58. The minimum Gasteiger partial charge on any atom is -0.477 e. The smallest absolute Gasteiger partial charge is 0.346 e. The Morgan fingerprint density at radius 1 is 1.57 bits per heavy atom. The van der Waals surface area contributed by atoms with Crippen molar-refractivity contribution in [2.45, 2.75) is 0 Å². The van der Waals surface area contributed by atoms with E-state index in [4.69, 9.17) is 28.9 Å². The third kappa shape index (κ3) is 3.83. The molecule has 0 spiro atoms. The van der Waals surface area contributed by atoms with Gasteiger partial charge >= 0.3 is 5.97 Å². The molecular weight excluding hydrogens is 319 g/mol. The van der Waals surface area contributed by atoms with Gasteiger partial charge in [-0.3, -0.25) is 0 Å². The van der Waals surface area contributed by atoms with Crippen molar-refractivity contribution in [2.75, 3.05) is 5.32 Å². The number of carboxylic acid groups (broad SMARTS) is 1. The van der Waals surface area contributed by atoms with E-state index in [1.165, 1.54) is 24.5 Å². The summed E-state index contributed by atoms with van der Waals surface area (Å²) in [6.45, 7) is 0. The molecule has 1 heterocycles. The number of rotatable bonds is 4. The zero-order valence-electron chi connectivity index (χ0n) is 10.3. The number of carbonyl (C=O) groups is 1. The Morgan fingerprint density at radius 2 is 2.33 bits per heavy atom. The van der Waals surface area contributed by atoms with Crippen LogP contribution in [0.1, 0.15) is 0 Å². The fourth-order valence-corrected chi connectivity index (χ4v) is 1.83. The van der Waals surface area contributed by atoms with Gasteiger partial charge in [0.1, 0.15) is 23.5 Å². The highest BCUT2D eigenvalue weighted by molar-refractivity contribution is 7.71. The van der Waals surface area contributed by atoms with Crippen molar-refractivity contribution < 1.29 is 14.3 Å². The van der Waals surface area contributed by atoms with Gasteiger partial charge in [-0.2, -0.15) is 0 Å². The molecule has 0 aliphatic rings. The summed E-state index contributed by atoms with van der Waals surface area (Å²) in [6.07, 6.45) is 2.03. The molecular formula is C12H8ClFN4O2S. The lowest BCUT2D eigenvalue weighted by atomic mass is 10.3. The molecule has 3 N–H and O–H groups in total. The molecule has 6 nitrogen and oxygen atoms in total. The van der Waals surface area contributed by atoms with Gasteiger partial charge < -0.3 is 15.4 Å². The first-order valence-corrected chi connectivity index (χ1v) is 6.33. The number of hydrogen-bond donors (Lipinski definition) is 3. The summed E-state index contributed by atoms with van der Waals surface area (Å²) in [5.74, 6) is -1.45. The topological polar surface area (TPSA) is 90.4 Å². The second-order valence-electron chi connectivity index (χ2n) is 3.78. The SMILES string of the molecule is O=C(O)C=Nc1c(Nc2ccc(F)c(Cl)c2)[nH]cnc1=S. The maximum absolute atomic E-state index is 13.1. The molecule has 0 fully saturated rings. The van der Waals surface area contributed by atoms with Crippen LogP contribution >= 0.6 is 23.8 Å². The molecule has 1 aromatic carbocycles. The molecule has 0 saturated heterocycles. The lowest BCUT2D eigenvalue weighted by Gasteiger charge is -2.09. The van der Waals surface area contributed by atoms with Crippen LogP contribution in [0, 0.1) is 10.5 Å². The number of aliphatic carboxylic acids is 1. The molecule has 0 amide bonds. The highest BCUT2D eigenvalue weighted by atomic mass is 35.5. The number of benzene rings is 1. The third-order valence-corrected chi connectivity index (χ3v) is 2.91. The summed E-state index contributed by atoms with van der Waals surface area (Å²) in [5.41, 5.74) is 0.625. The number of H-pyrrole nitrogens is 1. The summed E-state index contributed by atoms with van der Waals surface area (Å²) in [6, 6.07) is 4.03. The molecule has 0 atom stereocenters. The molecule has 2 aromatic rings. The van der Waals surface area contributed by atoms with Crippen LogP contribution in [0.4, 0.5) is 21.6 Å². The largest absolute Gasteiger partial charge is 0.477 e. The van der Waals surface area contributed by atoms with Crippen LogP contribution in [-0.4, -0.2) is 27.3 Å². The van der Waals surface area contributed by atoms with E-state index in [2.05, 4.69) is 20.3 Å². The van der Waals surface area contributed by atoms with E-state index in [1.54, 1.807) is 0 Å². The lowest BCUT2D eigenvalue weighted by molar-refractivity contribution is -0.128. The monoisotopic (exact) mass is 326 g/mol. The molecule has 1 aromatic heterocycles. The van der Waals surface area contributed by atoms with E-state index in [1.807, 2.05) is 0 Å². The average Bonchev–Trinajstić information content (AvgIpc) is 2.42. The summed E-state index contributed by atoms with van der Waals surface area (Å²) >= 11 is 10.7. The first-order chi connectivity index (χ1) is 9.97. The average molecular weight is 327 g/mol. The quantitative estimate of drug-likeness (QED) is 0.591. The number of halogens is 2. The molecule has 2 rings (SSSR count). The van der Waals surface area contributed by atoms with Crippen molar-refractivity contribution in [3.8, 4) is 0 Å². The Morgan fingerprint density at radius 3 is 3.00 bits per heavy atom. The van der Waals surface area contributed by atoms with Crippen molar-refractivity contribution in [2.24, 2.45) is 4.99 Å². The molecule has 0 saturated carbocycles. The highest BCUT2D eigenvalue weighted by Gasteiger charge is 2.07. The Labute approximate surface area is 128 Å². The minimum atomic E-state index is -1.22. The summed E-state index contributed by atoms with van der Waals surface area (Å²) < 4.78 is 13.2. The van der Waals surface area contributed by atoms with Crippen LogP contribution in [0.3, 0.4) is 0 Å². The van der Waals surface area contributed by atoms with Gasteiger partial charge in [-0.1, -0.05) is 23.8 Å². The van der Waals surface area contributed by atoms with Crippen LogP contribution in [0.15, 0.2) is 29.5 Å². The molecule has 9 heteroatoms. The first-order valence-electron chi connectivity index (χ1n) is 5.54. The van der Waals surface area contributed by atoms with Gasteiger partial charge in [-0.15, -0.1) is 0 Å². The first kappa shape index (κ1) is 15.1. The minimum absolute atomic E-state index is 0.0526. The molecule has 0 unspecified atom stereocenters. The van der Waals surface area contributed by atoms with Gasteiger partial charge in [0.2, 0.25) is 0 Å². The van der Waals surface area contributed by atoms with Crippen LogP contribution in [0.25, 0.3) is 0 Å². The van der Waals surface area contributed by atoms with Crippen LogP contribution in [-0.2, 0) is 4.79 Å². The second kappa shape index (κ2) is 6.42. The van der Waals surface area contributed by atoms with Crippen molar-refractivity contribution in [3.63, 3.8) is 0 Å². The summed E-state index contributed by atoms with van der Waals surface area (Å²) in [4.78, 5) is 20.9. The van der Waals surface area contributed by atoms with E-state index < -0.39 is 11.8 Å². The fourth-order valence-electron chi connectivity index (χ4n) is 1.44. The Hall–Kier alpha value is -2.32. The molecule has 0 radical (unpaired) electrons. The van der Waals surface area contributed by atoms with E-state index in [-0.39, 0.29) is 15.4 Å². The maximum Gasteiger partial charge on any atom is 0.346 e. The standard InChI is InChI=1S/C12H8ClFN4O2S/c13-7-3-6(1-2-8(7)14)18-11-10(15-4-9(19)20)12(21)17-5-16-11/h1-5H,(H,19,20)(H2,16,17,18,21). The zero-order valence-corrected chi connectivity index (χ0v) is 11.9. The lowest BCUT2D eigenvalue weighted by Crippen LogP contribution is -1.98. The van der Waals surface area contributed by atoms with E-state index >= 15 is 0 Å². The number of carboxylic acids is 1. The van der Waals surface area contributed by atoms with E-state index in [0.29, 0.717) is 17.7 Å². The van der Waals surface area contributed by atoms with Crippen LogP contribution in [0.2, 0.25) is 5.02 Å². The molecule has 108 valence electrons. The number of nitrogens with zero attached hydrogens (tertiary/aromatic N) is 2. The number of nitrogens with one attached hydrogen (secondary N) is 2. The zero-order chi connectivity index (χ0) is 15.4. The predicted molar refractivity (Wildman–Crippen MR) is 79.9 cm³/mol. The Kier molecular flexibility index (Phi) is 4.61. The normalized spacial score (nSPS) is 10.8. The van der Waals surface area contributed by atoms with Crippen molar-refractivity contribution in [3.05, 3.63) is 40.0 Å². The van der Waals surface area contributed by atoms with E-state index in [9.17, 15) is 9.18 Å². The third-order valence-electron chi connectivity index (χ3n) is 2.32. The number of anilines is 2. The van der Waals surface area contributed by atoms with Crippen LogP contribution in [0.5, 0.6) is 0 Å². The molecule has 0 aliphatic carbocycles. The summed E-state index contributed by atoms with van der Waals surface area (Å²) in [5, 5.41) is 11.5. The number of aliphatic imine (C=N–C) groups is 1. The summed E-state index contributed by atoms with van der Waals surface area (Å²) in [7, 11) is 0. The van der Waals surface area contributed by atoms with Gasteiger partial charge in [-0.25, -0.2) is 19.2 Å². The fraction of sp³-hybridized carbons (Fsp3) is 0. The van der Waals surface area contributed by atoms with Gasteiger partial charge in [0.25, 0.3) is 0 Å². The van der Waals surface area contributed by atoms with Gasteiger partial charge in [0.15, 0.2) is 4.64 Å².